The molecule has 1 heterocycles. The highest BCUT2D eigenvalue weighted by Crippen LogP contribution is 2.25. The maximum atomic E-state index is 14.3. The van der Waals surface area contributed by atoms with Gasteiger partial charge < -0.3 is 4.57 Å². The van der Waals surface area contributed by atoms with E-state index in [0.29, 0.717) is 28.6 Å². The van der Waals surface area contributed by atoms with Gasteiger partial charge in [-0.05, 0) is 42.0 Å². The first-order chi connectivity index (χ1) is 12.6. The summed E-state index contributed by atoms with van der Waals surface area (Å²) in [5.41, 5.74) is 3.39. The minimum Gasteiger partial charge on any atom is -0.323 e. The molecular weight excluding hydrogens is 370 g/mol. The topological polar surface area (TPSA) is 17.8 Å². The van der Waals surface area contributed by atoms with E-state index in [9.17, 15) is 4.39 Å². The average Bonchev–Trinajstić information content (AvgIpc) is 2.97. The van der Waals surface area contributed by atoms with Crippen LogP contribution in [0.4, 0.5) is 4.39 Å². The van der Waals surface area contributed by atoms with Gasteiger partial charge in [0.2, 0.25) is 0 Å². The van der Waals surface area contributed by atoms with E-state index in [1.165, 1.54) is 6.07 Å². The Morgan fingerprint density at radius 3 is 2.42 bits per heavy atom. The van der Waals surface area contributed by atoms with Crippen molar-refractivity contribution >= 4 is 34.2 Å². The van der Waals surface area contributed by atoms with E-state index in [2.05, 4.69) is 0 Å². The number of fused-ring (bicyclic) bond motifs is 1. The standard InChI is InChI=1S/C21H15Cl2FN2/c22-15-10-8-14(9-11-15)12-21-25-19-6-1-2-7-20(19)26(21)13-16-17(23)4-3-5-18(16)24/h1-11H,12-13H2. The summed E-state index contributed by atoms with van der Waals surface area (Å²) in [6.07, 6.45) is 0.623. The summed E-state index contributed by atoms with van der Waals surface area (Å²) in [5, 5.41) is 1.11. The first-order valence-electron chi connectivity index (χ1n) is 8.23. The summed E-state index contributed by atoms with van der Waals surface area (Å²) in [6.45, 7) is 0.328. The predicted molar refractivity (Wildman–Crippen MR) is 105 cm³/mol. The van der Waals surface area contributed by atoms with Gasteiger partial charge in [0.1, 0.15) is 11.6 Å². The maximum absolute atomic E-state index is 14.3. The molecule has 3 aromatic carbocycles. The largest absolute Gasteiger partial charge is 0.323 e. The number of hydrogen-bond acceptors (Lipinski definition) is 1. The number of hydrogen-bond donors (Lipinski definition) is 0. The van der Waals surface area contributed by atoms with Crippen molar-refractivity contribution in [2.24, 2.45) is 0 Å². The molecule has 26 heavy (non-hydrogen) atoms. The van der Waals surface area contributed by atoms with Gasteiger partial charge >= 0.3 is 0 Å². The second-order valence-electron chi connectivity index (χ2n) is 6.11. The normalized spacial score (nSPS) is 11.2. The third kappa shape index (κ3) is 3.33. The van der Waals surface area contributed by atoms with E-state index < -0.39 is 0 Å². The van der Waals surface area contributed by atoms with E-state index in [4.69, 9.17) is 28.2 Å². The van der Waals surface area contributed by atoms with Gasteiger partial charge in [-0.15, -0.1) is 0 Å². The zero-order chi connectivity index (χ0) is 18.1. The first-order valence-corrected chi connectivity index (χ1v) is 8.99. The lowest BCUT2D eigenvalue weighted by atomic mass is 10.1. The maximum Gasteiger partial charge on any atom is 0.129 e. The van der Waals surface area contributed by atoms with Crippen LogP contribution in [0, 0.1) is 5.82 Å². The third-order valence-electron chi connectivity index (χ3n) is 4.39. The van der Waals surface area contributed by atoms with Gasteiger partial charge in [0, 0.05) is 22.0 Å². The van der Waals surface area contributed by atoms with Gasteiger partial charge in [0.25, 0.3) is 0 Å². The Hall–Kier alpha value is -2.36. The van der Waals surface area contributed by atoms with Crippen LogP contribution in [0.2, 0.25) is 10.0 Å². The number of imidazole rings is 1. The highest BCUT2D eigenvalue weighted by Gasteiger charge is 2.15. The van der Waals surface area contributed by atoms with Crippen molar-refractivity contribution in [3.05, 3.63) is 99.5 Å². The van der Waals surface area contributed by atoms with Crippen LogP contribution in [0.3, 0.4) is 0 Å². The highest BCUT2D eigenvalue weighted by molar-refractivity contribution is 6.31. The Kier molecular flexibility index (Phi) is 4.66. The summed E-state index contributed by atoms with van der Waals surface area (Å²) >= 11 is 12.2. The van der Waals surface area contributed by atoms with Crippen molar-refractivity contribution in [2.45, 2.75) is 13.0 Å². The van der Waals surface area contributed by atoms with Crippen molar-refractivity contribution in [3.8, 4) is 0 Å². The lowest BCUT2D eigenvalue weighted by molar-refractivity contribution is 0.598. The molecule has 0 atom stereocenters. The van der Waals surface area contributed by atoms with Crippen LogP contribution >= 0.6 is 23.2 Å². The van der Waals surface area contributed by atoms with Crippen LogP contribution in [0.1, 0.15) is 17.0 Å². The summed E-state index contributed by atoms with van der Waals surface area (Å²) in [7, 11) is 0. The van der Waals surface area contributed by atoms with Crippen molar-refractivity contribution in [2.75, 3.05) is 0 Å². The zero-order valence-corrected chi connectivity index (χ0v) is 15.3. The molecule has 1 aromatic heterocycles. The molecule has 4 rings (SSSR count). The molecule has 0 unspecified atom stereocenters. The molecule has 0 aliphatic rings. The SMILES string of the molecule is Fc1cccc(Cl)c1Cn1c(Cc2ccc(Cl)cc2)nc2ccccc21. The van der Waals surface area contributed by atoms with Crippen LogP contribution in [0.25, 0.3) is 11.0 Å². The minimum atomic E-state index is -0.312. The Morgan fingerprint density at radius 2 is 1.65 bits per heavy atom. The fourth-order valence-electron chi connectivity index (χ4n) is 3.06. The van der Waals surface area contributed by atoms with Gasteiger partial charge in [-0.2, -0.15) is 0 Å². The van der Waals surface area contributed by atoms with E-state index in [0.717, 1.165) is 22.4 Å². The van der Waals surface area contributed by atoms with Crippen molar-refractivity contribution in [1.82, 2.24) is 9.55 Å². The Morgan fingerprint density at radius 1 is 0.885 bits per heavy atom. The predicted octanol–water partition coefficient (Wildman–Crippen LogP) is 6.12. The van der Waals surface area contributed by atoms with Crippen LogP contribution in [-0.2, 0) is 13.0 Å². The molecule has 0 spiro atoms. The van der Waals surface area contributed by atoms with Crippen LogP contribution in [0.5, 0.6) is 0 Å². The molecule has 0 aliphatic heterocycles. The second kappa shape index (κ2) is 7.10. The lowest BCUT2D eigenvalue weighted by Crippen LogP contribution is -2.08. The second-order valence-corrected chi connectivity index (χ2v) is 6.95. The number of aromatic nitrogens is 2. The number of rotatable bonds is 4. The van der Waals surface area contributed by atoms with Gasteiger partial charge in [-0.3, -0.25) is 0 Å². The summed E-state index contributed by atoms with van der Waals surface area (Å²) in [6, 6.07) is 20.3. The number of para-hydroxylation sites is 2. The molecule has 0 saturated heterocycles. The van der Waals surface area contributed by atoms with Gasteiger partial charge in [-0.25, -0.2) is 9.37 Å². The molecule has 0 amide bonds. The Balaban J connectivity index is 1.80. The quantitative estimate of drug-likeness (QED) is 0.414. The first kappa shape index (κ1) is 17.1. The molecule has 2 nitrogen and oxygen atoms in total. The molecule has 5 heteroatoms. The smallest absolute Gasteiger partial charge is 0.129 e. The number of benzene rings is 3. The summed E-state index contributed by atoms with van der Waals surface area (Å²) < 4.78 is 16.3. The van der Waals surface area contributed by atoms with Gasteiger partial charge in [0.05, 0.1) is 17.6 Å². The molecule has 0 bridgehead atoms. The van der Waals surface area contributed by atoms with Gasteiger partial charge in [0.15, 0.2) is 0 Å². The molecule has 0 fully saturated rings. The van der Waals surface area contributed by atoms with Crippen molar-refractivity contribution in [3.63, 3.8) is 0 Å². The van der Waals surface area contributed by atoms with E-state index in [1.807, 2.05) is 53.1 Å². The Labute approximate surface area is 160 Å². The Bertz CT molecular complexity index is 1050. The summed E-state index contributed by atoms with van der Waals surface area (Å²) in [4.78, 5) is 4.75. The molecule has 0 N–H and O–H groups in total. The molecule has 0 radical (unpaired) electrons. The monoisotopic (exact) mass is 384 g/mol. The van der Waals surface area contributed by atoms with Crippen LogP contribution < -0.4 is 0 Å². The fourth-order valence-corrected chi connectivity index (χ4v) is 3.41. The van der Waals surface area contributed by atoms with E-state index in [-0.39, 0.29) is 5.82 Å². The van der Waals surface area contributed by atoms with Crippen molar-refractivity contribution < 1.29 is 4.39 Å². The zero-order valence-electron chi connectivity index (χ0n) is 13.8. The lowest BCUT2D eigenvalue weighted by Gasteiger charge is -2.12. The number of halogens is 3. The van der Waals surface area contributed by atoms with Crippen LogP contribution in [0.15, 0.2) is 66.7 Å². The molecule has 130 valence electrons. The number of nitrogens with zero attached hydrogens (tertiary/aromatic N) is 2. The molecular formula is C21H15Cl2FN2. The van der Waals surface area contributed by atoms with E-state index in [1.54, 1.807) is 12.1 Å². The molecule has 0 aliphatic carbocycles. The third-order valence-corrected chi connectivity index (χ3v) is 4.99. The van der Waals surface area contributed by atoms with Crippen molar-refractivity contribution in [1.29, 1.82) is 0 Å². The molecule has 4 aromatic rings. The fraction of sp³-hybridized carbons (Fsp3) is 0.0952. The minimum absolute atomic E-state index is 0.312. The summed E-state index contributed by atoms with van der Waals surface area (Å²) in [5.74, 6) is 0.542. The van der Waals surface area contributed by atoms with E-state index >= 15 is 0 Å². The molecule has 0 saturated carbocycles. The highest BCUT2D eigenvalue weighted by atomic mass is 35.5. The van der Waals surface area contributed by atoms with Crippen LogP contribution in [-0.4, -0.2) is 9.55 Å². The van der Waals surface area contributed by atoms with Gasteiger partial charge in [-0.1, -0.05) is 53.5 Å². The average molecular weight is 385 g/mol.